The Hall–Kier alpha value is -2.15. The van der Waals surface area contributed by atoms with E-state index in [0.717, 1.165) is 43.6 Å². The molecule has 2 atom stereocenters. The SMILES string of the molecule is Cc1cc([C@@H]2CCCN(C(=O)c3ncoc3[C@@H]3CCCO3)C2)n[nH]1. The number of amides is 1. The standard InChI is InChI=1S/C17H22N4O3/c1-11-8-13(20-19-11)12-4-2-6-21(9-12)17(22)15-16(24-10-18-15)14-5-3-7-23-14/h8,10,12,14H,2-7,9H2,1H3,(H,19,20)/t12-,14+/m1/s1. The first-order valence-electron chi connectivity index (χ1n) is 8.58. The summed E-state index contributed by atoms with van der Waals surface area (Å²) in [6.07, 6.45) is 5.10. The zero-order valence-electron chi connectivity index (χ0n) is 13.8. The highest BCUT2D eigenvalue weighted by molar-refractivity contribution is 5.93. The van der Waals surface area contributed by atoms with E-state index in [4.69, 9.17) is 9.15 Å². The summed E-state index contributed by atoms with van der Waals surface area (Å²) in [6, 6.07) is 2.06. The fraction of sp³-hybridized carbons (Fsp3) is 0.588. The molecular formula is C17H22N4O3. The Bertz CT molecular complexity index is 717. The molecule has 0 unspecified atom stereocenters. The number of ether oxygens (including phenoxy) is 1. The molecule has 0 saturated carbocycles. The smallest absolute Gasteiger partial charge is 0.276 e. The van der Waals surface area contributed by atoms with E-state index in [2.05, 4.69) is 21.2 Å². The molecule has 7 heteroatoms. The lowest BCUT2D eigenvalue weighted by atomic mass is 9.94. The number of H-pyrrole nitrogens is 1. The molecule has 0 aliphatic carbocycles. The molecule has 7 nitrogen and oxygen atoms in total. The normalized spacial score (nSPS) is 24.5. The van der Waals surface area contributed by atoms with E-state index in [1.807, 2.05) is 11.8 Å². The zero-order valence-corrected chi connectivity index (χ0v) is 13.8. The first-order chi connectivity index (χ1) is 11.7. The minimum absolute atomic E-state index is 0.0637. The van der Waals surface area contributed by atoms with Gasteiger partial charge in [0.2, 0.25) is 0 Å². The van der Waals surface area contributed by atoms with E-state index < -0.39 is 0 Å². The maximum Gasteiger partial charge on any atom is 0.276 e. The molecule has 128 valence electrons. The molecule has 24 heavy (non-hydrogen) atoms. The van der Waals surface area contributed by atoms with Crippen LogP contribution in [0.4, 0.5) is 0 Å². The third-order valence-corrected chi connectivity index (χ3v) is 4.87. The summed E-state index contributed by atoms with van der Waals surface area (Å²) < 4.78 is 11.1. The van der Waals surface area contributed by atoms with E-state index in [-0.39, 0.29) is 17.9 Å². The molecule has 0 spiro atoms. The molecule has 0 bridgehead atoms. The average molecular weight is 330 g/mol. The Kier molecular flexibility index (Phi) is 4.10. The lowest BCUT2D eigenvalue weighted by Crippen LogP contribution is -2.39. The number of aromatic amines is 1. The first kappa shape index (κ1) is 15.4. The van der Waals surface area contributed by atoms with Gasteiger partial charge in [-0.3, -0.25) is 9.89 Å². The van der Waals surface area contributed by atoms with Crippen LogP contribution in [-0.4, -0.2) is 45.7 Å². The number of hydrogen-bond acceptors (Lipinski definition) is 5. The number of nitrogens with one attached hydrogen (secondary N) is 1. The van der Waals surface area contributed by atoms with Gasteiger partial charge < -0.3 is 14.1 Å². The molecular weight excluding hydrogens is 308 g/mol. The van der Waals surface area contributed by atoms with Gasteiger partial charge in [-0.25, -0.2) is 4.98 Å². The van der Waals surface area contributed by atoms with Gasteiger partial charge in [-0.15, -0.1) is 0 Å². The highest BCUT2D eigenvalue weighted by Gasteiger charge is 2.33. The number of aryl methyl sites for hydroxylation is 1. The van der Waals surface area contributed by atoms with Crippen LogP contribution in [0.1, 0.15) is 65.3 Å². The van der Waals surface area contributed by atoms with Crippen molar-refractivity contribution < 1.29 is 13.9 Å². The number of carbonyl (C=O) groups is 1. The largest absolute Gasteiger partial charge is 0.445 e. The van der Waals surface area contributed by atoms with Crippen LogP contribution in [0.5, 0.6) is 0 Å². The lowest BCUT2D eigenvalue weighted by Gasteiger charge is -2.31. The summed E-state index contributed by atoms with van der Waals surface area (Å²) in [4.78, 5) is 19.0. The van der Waals surface area contributed by atoms with Crippen molar-refractivity contribution in [3.63, 3.8) is 0 Å². The number of hydrogen-bond donors (Lipinski definition) is 1. The Morgan fingerprint density at radius 2 is 2.29 bits per heavy atom. The Labute approximate surface area is 140 Å². The van der Waals surface area contributed by atoms with Gasteiger partial charge in [-0.2, -0.15) is 5.10 Å². The van der Waals surface area contributed by atoms with Crippen LogP contribution in [0.15, 0.2) is 16.9 Å². The third-order valence-electron chi connectivity index (χ3n) is 4.87. The number of rotatable bonds is 3. The molecule has 2 aromatic rings. The summed E-state index contributed by atoms with van der Waals surface area (Å²) in [7, 11) is 0. The topological polar surface area (TPSA) is 84.2 Å². The number of piperidine rings is 1. The van der Waals surface area contributed by atoms with Gasteiger partial charge in [0.15, 0.2) is 17.8 Å². The van der Waals surface area contributed by atoms with Crippen LogP contribution in [0, 0.1) is 6.92 Å². The van der Waals surface area contributed by atoms with E-state index in [0.29, 0.717) is 24.6 Å². The number of oxazole rings is 1. The molecule has 2 aromatic heterocycles. The maximum absolute atomic E-state index is 12.9. The van der Waals surface area contributed by atoms with Crippen molar-refractivity contribution >= 4 is 5.91 Å². The predicted molar refractivity (Wildman–Crippen MR) is 85.6 cm³/mol. The number of likely N-dealkylation sites (tertiary alicyclic amines) is 1. The summed E-state index contributed by atoms with van der Waals surface area (Å²) in [5.41, 5.74) is 2.48. The molecule has 1 amide bonds. The monoisotopic (exact) mass is 330 g/mol. The maximum atomic E-state index is 12.9. The molecule has 4 rings (SSSR count). The van der Waals surface area contributed by atoms with Crippen LogP contribution in [-0.2, 0) is 4.74 Å². The lowest BCUT2D eigenvalue weighted by molar-refractivity contribution is 0.0670. The van der Waals surface area contributed by atoms with Gasteiger partial charge in [0.25, 0.3) is 5.91 Å². The highest BCUT2D eigenvalue weighted by atomic mass is 16.5. The number of carbonyl (C=O) groups excluding carboxylic acids is 1. The van der Waals surface area contributed by atoms with Gasteiger partial charge >= 0.3 is 0 Å². The third kappa shape index (κ3) is 2.84. The van der Waals surface area contributed by atoms with Crippen LogP contribution in [0.25, 0.3) is 0 Å². The van der Waals surface area contributed by atoms with Gasteiger partial charge in [-0.1, -0.05) is 0 Å². The van der Waals surface area contributed by atoms with E-state index in [1.165, 1.54) is 6.39 Å². The molecule has 2 aliphatic heterocycles. The minimum atomic E-state index is -0.138. The molecule has 0 aromatic carbocycles. The van der Waals surface area contributed by atoms with Gasteiger partial charge in [-0.05, 0) is 38.7 Å². The summed E-state index contributed by atoms with van der Waals surface area (Å²) in [6.45, 7) is 4.12. The predicted octanol–water partition coefficient (Wildman–Crippen LogP) is 2.58. The number of nitrogens with zero attached hydrogens (tertiary/aromatic N) is 3. The average Bonchev–Trinajstić information content (AvgIpc) is 3.34. The molecule has 2 saturated heterocycles. The Morgan fingerprint density at radius 3 is 3.04 bits per heavy atom. The van der Waals surface area contributed by atoms with Crippen LogP contribution in [0.2, 0.25) is 0 Å². The second-order valence-corrected chi connectivity index (χ2v) is 6.63. The molecule has 1 N–H and O–H groups in total. The zero-order chi connectivity index (χ0) is 16.5. The van der Waals surface area contributed by atoms with Crippen molar-refractivity contribution in [1.29, 1.82) is 0 Å². The number of aromatic nitrogens is 3. The second-order valence-electron chi connectivity index (χ2n) is 6.63. The van der Waals surface area contributed by atoms with Gasteiger partial charge in [0.05, 0.1) is 5.69 Å². The van der Waals surface area contributed by atoms with Crippen molar-refractivity contribution in [2.24, 2.45) is 0 Å². The first-order valence-corrected chi connectivity index (χ1v) is 8.58. The summed E-state index contributed by atoms with van der Waals surface area (Å²) >= 11 is 0. The van der Waals surface area contributed by atoms with Gasteiger partial charge in [0, 0.05) is 31.3 Å². The van der Waals surface area contributed by atoms with E-state index in [1.54, 1.807) is 0 Å². The summed E-state index contributed by atoms with van der Waals surface area (Å²) in [5.74, 6) is 0.784. The van der Waals surface area contributed by atoms with Crippen molar-refractivity contribution in [1.82, 2.24) is 20.1 Å². The van der Waals surface area contributed by atoms with Crippen LogP contribution < -0.4 is 0 Å². The molecule has 0 radical (unpaired) electrons. The Balaban J connectivity index is 1.51. The van der Waals surface area contributed by atoms with Crippen molar-refractivity contribution in [3.8, 4) is 0 Å². The highest BCUT2D eigenvalue weighted by Crippen LogP contribution is 2.32. The minimum Gasteiger partial charge on any atom is -0.445 e. The fourth-order valence-electron chi connectivity index (χ4n) is 3.63. The van der Waals surface area contributed by atoms with Crippen LogP contribution >= 0.6 is 0 Å². The van der Waals surface area contributed by atoms with Crippen molar-refractivity contribution in [3.05, 3.63) is 35.3 Å². The summed E-state index contributed by atoms with van der Waals surface area (Å²) in [5, 5.41) is 7.35. The van der Waals surface area contributed by atoms with E-state index in [9.17, 15) is 4.79 Å². The molecule has 2 aliphatic rings. The fourth-order valence-corrected chi connectivity index (χ4v) is 3.63. The van der Waals surface area contributed by atoms with E-state index >= 15 is 0 Å². The van der Waals surface area contributed by atoms with Gasteiger partial charge in [0.1, 0.15) is 6.10 Å². The van der Waals surface area contributed by atoms with Crippen LogP contribution in [0.3, 0.4) is 0 Å². The second kappa shape index (κ2) is 6.39. The molecule has 2 fully saturated rings. The quantitative estimate of drug-likeness (QED) is 0.935. The molecule has 4 heterocycles. The van der Waals surface area contributed by atoms with Crippen molar-refractivity contribution in [2.75, 3.05) is 19.7 Å². The van der Waals surface area contributed by atoms with Crippen molar-refractivity contribution in [2.45, 2.75) is 44.6 Å². The Morgan fingerprint density at radius 1 is 1.38 bits per heavy atom.